The average molecular weight is 784 g/mol. The molecule has 2 aromatic carbocycles. The Kier molecular flexibility index (Phi) is 11.7. The highest BCUT2D eigenvalue weighted by atomic mass is 16.5. The Morgan fingerprint density at radius 2 is 1.93 bits per heavy atom. The fourth-order valence-electron chi connectivity index (χ4n) is 7.35. The standard InChI is InChI=1S/C43H45N9O6/c1-4-20-43(57)21-19-27-11-17-35(47-37(27)43)48-38-31(39(54)44-22-5-2)25-45-42(50-38)46-28-12-14-29(15-13-28)51(3)23-6-7-24-58-34-10-8-9-30-32(34)26-52(41(30)56)33-16-18-36(53)49-40(33)55/h5,8-15,17,25,33,57H,2,6-7,16,18-19,21-24,26H2,1,3H3,(H,44,54)(H,49,53,55)(H2,45,46,47,48,50)/t33?,43-/m1/s1. The molecule has 298 valence electrons. The van der Waals surface area contributed by atoms with E-state index >= 15 is 0 Å². The Hall–Kier alpha value is -6.79. The van der Waals surface area contributed by atoms with Crippen LogP contribution >= 0.6 is 0 Å². The molecule has 2 aliphatic heterocycles. The second-order valence-corrected chi connectivity index (χ2v) is 14.4. The van der Waals surface area contributed by atoms with Gasteiger partial charge in [-0.1, -0.05) is 24.1 Å². The number of carbonyl (C=O) groups excluding carboxylic acids is 4. The quantitative estimate of drug-likeness (QED) is 0.0493. The number of aryl methyl sites for hydroxylation is 1. The average Bonchev–Trinajstić information content (AvgIpc) is 3.73. The van der Waals surface area contributed by atoms with Gasteiger partial charge in [0.15, 0.2) is 5.60 Å². The number of nitrogens with one attached hydrogen (secondary N) is 4. The Morgan fingerprint density at radius 3 is 2.71 bits per heavy atom. The summed E-state index contributed by atoms with van der Waals surface area (Å²) in [6.45, 7) is 7.11. The number of aromatic nitrogens is 3. The summed E-state index contributed by atoms with van der Waals surface area (Å²) < 4.78 is 6.13. The minimum Gasteiger partial charge on any atom is -0.493 e. The van der Waals surface area contributed by atoms with Crippen LogP contribution in [0.25, 0.3) is 0 Å². The zero-order valence-corrected chi connectivity index (χ0v) is 32.4. The summed E-state index contributed by atoms with van der Waals surface area (Å²) in [6, 6.07) is 16.2. The summed E-state index contributed by atoms with van der Waals surface area (Å²) in [7, 11) is 2.02. The molecule has 1 aliphatic carbocycles. The molecule has 15 heteroatoms. The smallest absolute Gasteiger partial charge is 0.256 e. The number of hydrogen-bond donors (Lipinski definition) is 5. The second kappa shape index (κ2) is 17.1. The van der Waals surface area contributed by atoms with E-state index in [4.69, 9.17) is 4.74 Å². The Balaban J connectivity index is 0.937. The lowest BCUT2D eigenvalue weighted by Crippen LogP contribution is -2.52. The molecule has 0 spiro atoms. The van der Waals surface area contributed by atoms with E-state index in [2.05, 4.69) is 59.5 Å². The van der Waals surface area contributed by atoms with Crippen LogP contribution in [-0.2, 0) is 28.2 Å². The summed E-state index contributed by atoms with van der Waals surface area (Å²) in [5.41, 5.74) is 3.32. The third kappa shape index (κ3) is 8.47. The molecule has 1 saturated heterocycles. The van der Waals surface area contributed by atoms with Crippen LogP contribution in [0, 0.1) is 11.8 Å². The van der Waals surface area contributed by atoms with Crippen molar-refractivity contribution in [3.05, 3.63) is 101 Å². The van der Waals surface area contributed by atoms with Crippen molar-refractivity contribution in [2.75, 3.05) is 42.3 Å². The van der Waals surface area contributed by atoms with Crippen LogP contribution in [0.15, 0.2) is 73.4 Å². The molecule has 4 heterocycles. The molecule has 4 aromatic rings. The molecule has 0 bridgehead atoms. The number of rotatable bonds is 15. The minimum atomic E-state index is -1.34. The van der Waals surface area contributed by atoms with Gasteiger partial charge < -0.3 is 35.6 Å². The first kappa shape index (κ1) is 39.4. The number of carbonyl (C=O) groups is 4. The van der Waals surface area contributed by atoms with E-state index in [9.17, 15) is 24.3 Å². The molecule has 1 unspecified atom stereocenters. The summed E-state index contributed by atoms with van der Waals surface area (Å²) in [6.07, 6.45) is 6.29. The van der Waals surface area contributed by atoms with Gasteiger partial charge in [0.05, 0.1) is 18.8 Å². The largest absolute Gasteiger partial charge is 0.493 e. The number of unbranched alkanes of at least 4 members (excludes halogenated alkanes) is 1. The number of hydrogen-bond acceptors (Lipinski definition) is 12. The lowest BCUT2D eigenvalue weighted by molar-refractivity contribution is -0.136. The molecule has 0 saturated carbocycles. The third-order valence-electron chi connectivity index (χ3n) is 10.4. The number of fused-ring (bicyclic) bond motifs is 2. The number of ether oxygens (including phenoxy) is 1. The number of benzene rings is 2. The summed E-state index contributed by atoms with van der Waals surface area (Å²) in [5.74, 6) is 5.83. The van der Waals surface area contributed by atoms with Crippen LogP contribution in [0.2, 0.25) is 0 Å². The molecule has 5 N–H and O–H groups in total. The number of anilines is 5. The molecular weight excluding hydrogens is 739 g/mol. The van der Waals surface area contributed by atoms with E-state index < -0.39 is 17.6 Å². The van der Waals surface area contributed by atoms with Crippen molar-refractivity contribution in [1.82, 2.24) is 30.5 Å². The maximum atomic E-state index is 13.1. The first-order chi connectivity index (χ1) is 28.1. The third-order valence-corrected chi connectivity index (χ3v) is 10.4. The van der Waals surface area contributed by atoms with Crippen LogP contribution in [-0.4, -0.2) is 81.4 Å². The fourth-order valence-corrected chi connectivity index (χ4v) is 7.35. The number of piperidine rings is 1. The molecule has 3 aliphatic rings. The number of nitrogens with zero attached hydrogens (tertiary/aromatic N) is 5. The van der Waals surface area contributed by atoms with Crippen LogP contribution in [0.5, 0.6) is 5.75 Å². The summed E-state index contributed by atoms with van der Waals surface area (Å²) in [5, 5.41) is 22.6. The first-order valence-corrected chi connectivity index (χ1v) is 19.2. The SMILES string of the molecule is C=CCNC(=O)c1cnc(Nc2ccc(N(C)CCCCOc3cccc4c3CN(C3CCC(=O)NC3=O)C4=O)cc2)nc1Nc1ccc2c(n1)[C@@](O)(C#CC)CC2. The summed E-state index contributed by atoms with van der Waals surface area (Å²) >= 11 is 0. The van der Waals surface area contributed by atoms with E-state index in [1.165, 1.54) is 11.1 Å². The molecule has 2 atom stereocenters. The molecule has 15 nitrogen and oxygen atoms in total. The van der Waals surface area contributed by atoms with E-state index in [0.717, 1.165) is 41.9 Å². The van der Waals surface area contributed by atoms with Gasteiger partial charge >= 0.3 is 0 Å². The molecule has 1 fully saturated rings. The van der Waals surface area contributed by atoms with Gasteiger partial charge in [-0.15, -0.1) is 12.5 Å². The molecule has 58 heavy (non-hydrogen) atoms. The van der Waals surface area contributed by atoms with Crippen LogP contribution in [0.4, 0.5) is 29.0 Å². The number of aliphatic hydroxyl groups is 1. The van der Waals surface area contributed by atoms with Crippen LogP contribution in [0.3, 0.4) is 0 Å². The highest BCUT2D eigenvalue weighted by molar-refractivity contribution is 6.05. The lowest BCUT2D eigenvalue weighted by Gasteiger charge is -2.29. The van der Waals surface area contributed by atoms with Crippen molar-refractivity contribution in [1.29, 1.82) is 0 Å². The van der Waals surface area contributed by atoms with Crippen molar-refractivity contribution in [3.8, 4) is 17.6 Å². The normalized spacial score (nSPS) is 18.0. The second-order valence-electron chi connectivity index (χ2n) is 14.4. The van der Waals surface area contributed by atoms with Gasteiger partial charge in [-0.05, 0) is 87.1 Å². The summed E-state index contributed by atoms with van der Waals surface area (Å²) in [4.78, 5) is 67.6. The van der Waals surface area contributed by atoms with Gasteiger partial charge in [0.25, 0.3) is 11.8 Å². The maximum Gasteiger partial charge on any atom is 0.256 e. The van der Waals surface area contributed by atoms with Gasteiger partial charge in [0.1, 0.15) is 29.0 Å². The van der Waals surface area contributed by atoms with Gasteiger partial charge in [-0.25, -0.2) is 9.97 Å². The highest BCUT2D eigenvalue weighted by Crippen LogP contribution is 2.37. The number of pyridine rings is 1. The lowest BCUT2D eigenvalue weighted by atomic mass is 10.0. The number of amides is 4. The van der Waals surface area contributed by atoms with Gasteiger partial charge in [0, 0.05) is 55.3 Å². The van der Waals surface area contributed by atoms with Crippen LogP contribution < -0.4 is 30.9 Å². The van der Waals surface area contributed by atoms with Gasteiger partial charge in [-0.3, -0.25) is 24.5 Å². The maximum absolute atomic E-state index is 13.1. The van der Waals surface area contributed by atoms with Crippen molar-refractivity contribution in [2.45, 2.75) is 63.6 Å². The molecule has 4 amide bonds. The fraction of sp³-hybridized carbons (Fsp3) is 0.326. The van der Waals surface area contributed by atoms with Crippen molar-refractivity contribution >= 4 is 52.6 Å². The van der Waals surface area contributed by atoms with Crippen LogP contribution in [0.1, 0.15) is 76.6 Å². The van der Waals surface area contributed by atoms with E-state index in [0.29, 0.717) is 48.7 Å². The first-order valence-electron chi connectivity index (χ1n) is 19.2. The molecule has 7 rings (SSSR count). The molecule has 2 aromatic heterocycles. The van der Waals surface area contributed by atoms with E-state index in [1.54, 1.807) is 31.2 Å². The Bertz CT molecular complexity index is 2320. The molecule has 0 radical (unpaired) electrons. The van der Waals surface area contributed by atoms with Crippen molar-refractivity contribution < 1.29 is 29.0 Å². The predicted octanol–water partition coefficient (Wildman–Crippen LogP) is 4.49. The minimum absolute atomic E-state index is 0.205. The Morgan fingerprint density at radius 1 is 1.10 bits per heavy atom. The number of imide groups is 1. The zero-order chi connectivity index (χ0) is 40.8. The van der Waals surface area contributed by atoms with Crippen molar-refractivity contribution in [3.63, 3.8) is 0 Å². The highest BCUT2D eigenvalue weighted by Gasteiger charge is 2.40. The molecular formula is C43H45N9O6. The van der Waals surface area contributed by atoms with Gasteiger partial charge in [-0.2, -0.15) is 4.98 Å². The van der Waals surface area contributed by atoms with E-state index in [1.807, 2.05) is 43.4 Å². The zero-order valence-electron chi connectivity index (χ0n) is 32.4. The monoisotopic (exact) mass is 783 g/mol. The van der Waals surface area contributed by atoms with E-state index in [-0.39, 0.29) is 54.6 Å². The Labute approximate surface area is 336 Å². The predicted molar refractivity (Wildman–Crippen MR) is 218 cm³/mol. The topological polar surface area (TPSA) is 191 Å². The van der Waals surface area contributed by atoms with Crippen molar-refractivity contribution in [2.24, 2.45) is 0 Å². The van der Waals surface area contributed by atoms with Gasteiger partial charge in [0.2, 0.25) is 17.8 Å².